The molecule has 1 aliphatic carbocycles. The standard InChI is InChI=1S/C20H24ClN3O/c1-14-8-9-16(21)11-19(14)23-18-10-15(12-22-13-18)20(25)24-17-6-4-2-3-5-7-17/h8-13,17,23H,2-7H2,1H3,(H,24,25). The lowest BCUT2D eigenvalue weighted by Gasteiger charge is -2.16. The molecule has 132 valence electrons. The molecule has 25 heavy (non-hydrogen) atoms. The van der Waals surface area contributed by atoms with Gasteiger partial charge in [0.05, 0.1) is 17.4 Å². The van der Waals surface area contributed by atoms with Crippen LogP contribution in [0.5, 0.6) is 0 Å². The van der Waals surface area contributed by atoms with Gasteiger partial charge in [0.1, 0.15) is 0 Å². The van der Waals surface area contributed by atoms with E-state index in [2.05, 4.69) is 15.6 Å². The third kappa shape index (κ3) is 4.95. The Balaban J connectivity index is 1.70. The predicted molar refractivity (Wildman–Crippen MR) is 103 cm³/mol. The van der Waals surface area contributed by atoms with Crippen molar-refractivity contribution in [1.29, 1.82) is 0 Å². The van der Waals surface area contributed by atoms with Crippen molar-refractivity contribution in [1.82, 2.24) is 10.3 Å². The van der Waals surface area contributed by atoms with Gasteiger partial charge in [-0.3, -0.25) is 9.78 Å². The van der Waals surface area contributed by atoms with E-state index in [1.807, 2.05) is 31.2 Å². The van der Waals surface area contributed by atoms with Crippen LogP contribution in [0.1, 0.15) is 54.4 Å². The van der Waals surface area contributed by atoms with Crippen molar-refractivity contribution in [3.8, 4) is 0 Å². The Bertz CT molecular complexity index is 739. The highest BCUT2D eigenvalue weighted by atomic mass is 35.5. The summed E-state index contributed by atoms with van der Waals surface area (Å²) in [5, 5.41) is 7.12. The summed E-state index contributed by atoms with van der Waals surface area (Å²) in [7, 11) is 0. The van der Waals surface area contributed by atoms with Gasteiger partial charge in [0.25, 0.3) is 5.91 Å². The van der Waals surface area contributed by atoms with Crippen LogP contribution in [-0.2, 0) is 0 Å². The molecule has 1 amide bonds. The first-order valence-electron chi connectivity index (χ1n) is 8.91. The third-order valence-electron chi connectivity index (χ3n) is 4.67. The molecule has 0 unspecified atom stereocenters. The molecule has 5 heteroatoms. The minimum atomic E-state index is -0.0501. The van der Waals surface area contributed by atoms with Crippen LogP contribution in [0.25, 0.3) is 0 Å². The highest BCUT2D eigenvalue weighted by Crippen LogP contribution is 2.24. The number of hydrogen-bond donors (Lipinski definition) is 2. The largest absolute Gasteiger partial charge is 0.354 e. The summed E-state index contributed by atoms with van der Waals surface area (Å²) < 4.78 is 0. The van der Waals surface area contributed by atoms with Crippen molar-refractivity contribution >= 4 is 28.9 Å². The summed E-state index contributed by atoms with van der Waals surface area (Å²) in [5.74, 6) is -0.0501. The second kappa shape index (κ2) is 8.34. The van der Waals surface area contributed by atoms with Gasteiger partial charge in [0, 0.05) is 22.9 Å². The zero-order valence-corrected chi connectivity index (χ0v) is 15.3. The molecule has 0 saturated heterocycles. The predicted octanol–water partition coefficient (Wildman–Crippen LogP) is 5.24. The van der Waals surface area contributed by atoms with Crippen LogP contribution in [0.2, 0.25) is 5.02 Å². The molecule has 1 fully saturated rings. The number of anilines is 2. The van der Waals surface area contributed by atoms with Gasteiger partial charge in [-0.05, 0) is 43.5 Å². The molecular formula is C20H24ClN3O. The van der Waals surface area contributed by atoms with E-state index in [4.69, 9.17) is 11.6 Å². The number of amides is 1. The molecule has 0 bridgehead atoms. The van der Waals surface area contributed by atoms with Crippen molar-refractivity contribution in [2.24, 2.45) is 0 Å². The molecule has 1 heterocycles. The van der Waals surface area contributed by atoms with Gasteiger partial charge in [0.15, 0.2) is 0 Å². The number of benzene rings is 1. The van der Waals surface area contributed by atoms with E-state index in [0.717, 1.165) is 29.8 Å². The average Bonchev–Trinajstić information content (AvgIpc) is 2.87. The number of rotatable bonds is 4. The zero-order valence-electron chi connectivity index (χ0n) is 14.5. The normalized spacial score (nSPS) is 15.4. The van der Waals surface area contributed by atoms with Crippen LogP contribution in [0.3, 0.4) is 0 Å². The summed E-state index contributed by atoms with van der Waals surface area (Å²) in [6, 6.07) is 7.80. The Morgan fingerprint density at radius 2 is 1.88 bits per heavy atom. The fraction of sp³-hybridized carbons (Fsp3) is 0.400. The van der Waals surface area contributed by atoms with E-state index < -0.39 is 0 Å². The molecule has 0 aliphatic heterocycles. The number of aromatic nitrogens is 1. The number of nitrogens with zero attached hydrogens (tertiary/aromatic N) is 1. The van der Waals surface area contributed by atoms with Crippen molar-refractivity contribution in [3.63, 3.8) is 0 Å². The quantitative estimate of drug-likeness (QED) is 0.736. The number of carbonyl (C=O) groups excluding carboxylic acids is 1. The molecule has 4 nitrogen and oxygen atoms in total. The fourth-order valence-electron chi connectivity index (χ4n) is 3.21. The van der Waals surface area contributed by atoms with E-state index in [1.165, 1.54) is 25.7 Å². The maximum atomic E-state index is 12.6. The number of hydrogen-bond acceptors (Lipinski definition) is 3. The monoisotopic (exact) mass is 357 g/mol. The summed E-state index contributed by atoms with van der Waals surface area (Å²) in [5.41, 5.74) is 3.35. The second-order valence-corrected chi connectivity index (χ2v) is 7.14. The molecule has 3 rings (SSSR count). The molecule has 1 saturated carbocycles. The van der Waals surface area contributed by atoms with Crippen molar-refractivity contribution in [2.45, 2.75) is 51.5 Å². The van der Waals surface area contributed by atoms with E-state index in [-0.39, 0.29) is 11.9 Å². The first kappa shape index (κ1) is 17.7. The van der Waals surface area contributed by atoms with Crippen LogP contribution in [0.4, 0.5) is 11.4 Å². The Hall–Kier alpha value is -2.07. The van der Waals surface area contributed by atoms with Crippen molar-refractivity contribution < 1.29 is 4.79 Å². The number of aryl methyl sites for hydroxylation is 1. The highest BCUT2D eigenvalue weighted by molar-refractivity contribution is 6.30. The lowest BCUT2D eigenvalue weighted by atomic mass is 10.1. The average molecular weight is 358 g/mol. The molecule has 0 radical (unpaired) electrons. The first-order chi connectivity index (χ1) is 12.1. The van der Waals surface area contributed by atoms with Crippen molar-refractivity contribution in [2.75, 3.05) is 5.32 Å². The summed E-state index contributed by atoms with van der Waals surface area (Å²) in [4.78, 5) is 16.8. The minimum Gasteiger partial charge on any atom is -0.354 e. The van der Waals surface area contributed by atoms with Crippen molar-refractivity contribution in [3.05, 3.63) is 52.8 Å². The van der Waals surface area contributed by atoms with Crippen LogP contribution < -0.4 is 10.6 Å². The van der Waals surface area contributed by atoms with E-state index >= 15 is 0 Å². The van der Waals surface area contributed by atoms with Gasteiger partial charge in [-0.1, -0.05) is 43.4 Å². The van der Waals surface area contributed by atoms with E-state index in [0.29, 0.717) is 10.6 Å². The van der Waals surface area contributed by atoms with Gasteiger partial charge in [-0.15, -0.1) is 0 Å². The Labute approximate surface area is 154 Å². The summed E-state index contributed by atoms with van der Waals surface area (Å²) >= 11 is 6.07. The maximum absolute atomic E-state index is 12.6. The van der Waals surface area contributed by atoms with Crippen LogP contribution >= 0.6 is 11.6 Å². The van der Waals surface area contributed by atoms with E-state index in [1.54, 1.807) is 12.4 Å². The lowest BCUT2D eigenvalue weighted by Crippen LogP contribution is -2.34. The topological polar surface area (TPSA) is 54.0 Å². The van der Waals surface area contributed by atoms with Gasteiger partial charge in [-0.2, -0.15) is 0 Å². The summed E-state index contributed by atoms with van der Waals surface area (Å²) in [6.45, 7) is 2.01. The summed E-state index contributed by atoms with van der Waals surface area (Å²) in [6.07, 6.45) is 10.4. The number of nitrogens with one attached hydrogen (secondary N) is 2. The number of halogens is 1. The molecule has 0 spiro atoms. The van der Waals surface area contributed by atoms with Crippen LogP contribution in [0, 0.1) is 6.92 Å². The molecule has 1 aliphatic rings. The minimum absolute atomic E-state index is 0.0501. The molecule has 1 aromatic carbocycles. The van der Waals surface area contributed by atoms with Gasteiger partial charge < -0.3 is 10.6 Å². The fourth-order valence-corrected chi connectivity index (χ4v) is 3.38. The molecule has 0 atom stereocenters. The highest BCUT2D eigenvalue weighted by Gasteiger charge is 2.16. The second-order valence-electron chi connectivity index (χ2n) is 6.71. The van der Waals surface area contributed by atoms with Gasteiger partial charge >= 0.3 is 0 Å². The molecule has 2 N–H and O–H groups in total. The van der Waals surface area contributed by atoms with Gasteiger partial charge in [0.2, 0.25) is 0 Å². The Morgan fingerprint density at radius 1 is 1.12 bits per heavy atom. The number of pyridine rings is 1. The Morgan fingerprint density at radius 3 is 2.64 bits per heavy atom. The maximum Gasteiger partial charge on any atom is 0.253 e. The SMILES string of the molecule is Cc1ccc(Cl)cc1Nc1cncc(C(=O)NC2CCCCCC2)c1. The molecular weight excluding hydrogens is 334 g/mol. The van der Waals surface area contributed by atoms with Crippen LogP contribution in [-0.4, -0.2) is 16.9 Å². The zero-order chi connectivity index (χ0) is 17.6. The lowest BCUT2D eigenvalue weighted by molar-refractivity contribution is 0.0933. The molecule has 2 aromatic rings. The third-order valence-corrected chi connectivity index (χ3v) is 4.90. The van der Waals surface area contributed by atoms with Crippen LogP contribution in [0.15, 0.2) is 36.7 Å². The smallest absolute Gasteiger partial charge is 0.253 e. The van der Waals surface area contributed by atoms with E-state index in [9.17, 15) is 4.79 Å². The number of carbonyl (C=O) groups is 1. The molecule has 1 aromatic heterocycles. The first-order valence-corrected chi connectivity index (χ1v) is 9.29. The Kier molecular flexibility index (Phi) is 5.92. The van der Waals surface area contributed by atoms with Gasteiger partial charge in [-0.25, -0.2) is 0 Å².